The summed E-state index contributed by atoms with van der Waals surface area (Å²) in [5, 5.41) is 0. The minimum absolute atomic E-state index is 0.230. The summed E-state index contributed by atoms with van der Waals surface area (Å²) in [7, 11) is 0. The van der Waals surface area contributed by atoms with Gasteiger partial charge < -0.3 is 4.74 Å². The smallest absolute Gasteiger partial charge is 0.127 e. The van der Waals surface area contributed by atoms with Crippen molar-refractivity contribution >= 4 is 0 Å². The molecule has 0 heterocycles. The number of rotatable bonds is 2. The van der Waals surface area contributed by atoms with E-state index in [1.807, 2.05) is 39.0 Å². The molecule has 0 atom stereocenters. The van der Waals surface area contributed by atoms with Crippen molar-refractivity contribution in [3.63, 3.8) is 0 Å². The predicted molar refractivity (Wildman–Crippen MR) is 45.8 cm³/mol. The molecular weight excluding hydrogens is 136 g/mol. The highest BCUT2D eigenvalue weighted by atomic mass is 16.5. The summed E-state index contributed by atoms with van der Waals surface area (Å²) in [6, 6.07) is 8.89. The molecule has 1 aromatic carbocycles. The van der Waals surface area contributed by atoms with Gasteiger partial charge in [0.2, 0.25) is 0 Å². The Balaban J connectivity index is 2.71. The number of hydrogen-bond donors (Lipinski definition) is 0. The number of aryl methyl sites for hydroxylation is 1. The van der Waals surface area contributed by atoms with E-state index in [9.17, 15) is 0 Å². The van der Waals surface area contributed by atoms with E-state index < -0.39 is 0 Å². The zero-order chi connectivity index (χ0) is 8.27. The molecule has 1 aromatic rings. The second-order valence-electron chi connectivity index (χ2n) is 2.90. The molecule has 11 heavy (non-hydrogen) atoms. The van der Waals surface area contributed by atoms with Gasteiger partial charge in [-0.25, -0.2) is 0 Å². The van der Waals surface area contributed by atoms with E-state index in [1.54, 1.807) is 0 Å². The fraction of sp³-hybridized carbons (Fsp3) is 0.400. The molecular formula is C10H13O. The zero-order valence-corrected chi connectivity index (χ0v) is 7.22. The second-order valence-corrected chi connectivity index (χ2v) is 2.90. The fourth-order valence-corrected chi connectivity index (χ4v) is 0.874. The Morgan fingerprint density at radius 2 is 2.18 bits per heavy atom. The molecule has 0 aliphatic rings. The van der Waals surface area contributed by atoms with Crippen LogP contribution in [0.2, 0.25) is 0 Å². The summed E-state index contributed by atoms with van der Waals surface area (Å²) < 4.78 is 5.44. The van der Waals surface area contributed by atoms with Gasteiger partial charge in [0.05, 0.1) is 6.10 Å². The van der Waals surface area contributed by atoms with E-state index in [4.69, 9.17) is 4.74 Å². The maximum Gasteiger partial charge on any atom is 0.127 e. The van der Waals surface area contributed by atoms with Gasteiger partial charge in [-0.3, -0.25) is 0 Å². The highest BCUT2D eigenvalue weighted by molar-refractivity contribution is 5.26. The molecule has 0 spiro atoms. The van der Waals surface area contributed by atoms with Crippen LogP contribution in [0, 0.1) is 13.0 Å². The van der Waals surface area contributed by atoms with Crippen molar-refractivity contribution in [1.29, 1.82) is 0 Å². The summed E-state index contributed by atoms with van der Waals surface area (Å²) in [5.74, 6) is 0.833. The first-order valence-electron chi connectivity index (χ1n) is 3.83. The highest BCUT2D eigenvalue weighted by Crippen LogP contribution is 2.12. The van der Waals surface area contributed by atoms with Crippen molar-refractivity contribution in [1.82, 2.24) is 0 Å². The zero-order valence-electron chi connectivity index (χ0n) is 7.22. The Labute approximate surface area is 68.0 Å². The van der Waals surface area contributed by atoms with E-state index in [2.05, 4.69) is 6.07 Å². The standard InChI is InChI=1S/C10H13O/c1-8(2)11-10-6-4-5-9(3)7-10/h4-5,7-8H,1-3H3. The van der Waals surface area contributed by atoms with Crippen LogP contribution in [0.15, 0.2) is 18.2 Å². The van der Waals surface area contributed by atoms with Crippen LogP contribution in [0.4, 0.5) is 0 Å². The molecule has 0 fully saturated rings. The number of benzene rings is 1. The van der Waals surface area contributed by atoms with E-state index in [1.165, 1.54) is 5.56 Å². The molecule has 0 N–H and O–H groups in total. The Kier molecular flexibility index (Phi) is 2.53. The lowest BCUT2D eigenvalue weighted by Crippen LogP contribution is -2.05. The van der Waals surface area contributed by atoms with Crippen LogP contribution in [0.5, 0.6) is 5.75 Å². The Hall–Kier alpha value is -0.980. The molecule has 0 saturated heterocycles. The van der Waals surface area contributed by atoms with Crippen LogP contribution in [0.3, 0.4) is 0 Å². The Morgan fingerprint density at radius 3 is 2.73 bits per heavy atom. The van der Waals surface area contributed by atoms with Crippen LogP contribution in [0.25, 0.3) is 0 Å². The lowest BCUT2D eigenvalue weighted by atomic mass is 10.2. The molecule has 1 radical (unpaired) electrons. The average Bonchev–Trinajstić information content (AvgIpc) is 1.85. The number of ether oxygens (including phenoxy) is 1. The molecule has 0 bridgehead atoms. The molecule has 59 valence electrons. The van der Waals surface area contributed by atoms with E-state index in [0.29, 0.717) is 0 Å². The maximum absolute atomic E-state index is 5.44. The largest absolute Gasteiger partial charge is 0.490 e. The highest BCUT2D eigenvalue weighted by Gasteiger charge is 1.96. The Morgan fingerprint density at radius 1 is 1.45 bits per heavy atom. The molecule has 1 nitrogen and oxygen atoms in total. The third-order valence-corrected chi connectivity index (χ3v) is 1.29. The maximum atomic E-state index is 5.44. The van der Waals surface area contributed by atoms with Crippen LogP contribution >= 0.6 is 0 Å². The molecule has 1 heteroatoms. The molecule has 1 rings (SSSR count). The van der Waals surface area contributed by atoms with Crippen molar-refractivity contribution in [3.05, 3.63) is 29.8 Å². The van der Waals surface area contributed by atoms with Crippen molar-refractivity contribution in [2.45, 2.75) is 26.9 Å². The summed E-state index contributed by atoms with van der Waals surface area (Å²) >= 11 is 0. The molecule has 0 aliphatic carbocycles. The lowest BCUT2D eigenvalue weighted by Gasteiger charge is -2.08. The first-order chi connectivity index (χ1) is 5.18. The summed E-state index contributed by atoms with van der Waals surface area (Å²) in [4.78, 5) is 0. The van der Waals surface area contributed by atoms with Gasteiger partial charge in [-0.1, -0.05) is 12.1 Å². The molecule has 0 unspecified atom stereocenters. The van der Waals surface area contributed by atoms with Crippen LogP contribution in [0.1, 0.15) is 19.4 Å². The second kappa shape index (κ2) is 3.42. The normalized spacial score (nSPS) is 10.2. The first kappa shape index (κ1) is 8.12. The van der Waals surface area contributed by atoms with Crippen LogP contribution in [-0.2, 0) is 0 Å². The molecule has 0 amide bonds. The van der Waals surface area contributed by atoms with Crippen LogP contribution < -0.4 is 4.74 Å². The minimum Gasteiger partial charge on any atom is -0.490 e. The average molecular weight is 149 g/mol. The van der Waals surface area contributed by atoms with E-state index >= 15 is 0 Å². The quantitative estimate of drug-likeness (QED) is 0.628. The Bertz CT molecular complexity index is 228. The first-order valence-corrected chi connectivity index (χ1v) is 3.83. The predicted octanol–water partition coefficient (Wildman–Crippen LogP) is 2.58. The van der Waals surface area contributed by atoms with Crippen molar-refractivity contribution in [2.24, 2.45) is 0 Å². The van der Waals surface area contributed by atoms with Crippen molar-refractivity contribution in [2.75, 3.05) is 0 Å². The molecule has 0 aromatic heterocycles. The summed E-state index contributed by atoms with van der Waals surface area (Å²) in [6.45, 7) is 6.06. The monoisotopic (exact) mass is 149 g/mol. The third-order valence-electron chi connectivity index (χ3n) is 1.29. The lowest BCUT2D eigenvalue weighted by molar-refractivity contribution is 0.242. The topological polar surface area (TPSA) is 9.23 Å². The van der Waals surface area contributed by atoms with Gasteiger partial charge in [-0.15, -0.1) is 0 Å². The van der Waals surface area contributed by atoms with Gasteiger partial charge in [0.15, 0.2) is 0 Å². The van der Waals surface area contributed by atoms with Gasteiger partial charge in [0.25, 0.3) is 0 Å². The van der Waals surface area contributed by atoms with Gasteiger partial charge in [0, 0.05) is 6.07 Å². The summed E-state index contributed by atoms with van der Waals surface area (Å²) in [5.41, 5.74) is 1.21. The van der Waals surface area contributed by atoms with Crippen molar-refractivity contribution < 1.29 is 4.74 Å². The summed E-state index contributed by atoms with van der Waals surface area (Å²) in [6.07, 6.45) is 0.230. The SMILES string of the molecule is Cc1cc[c]c(OC(C)C)c1. The van der Waals surface area contributed by atoms with Gasteiger partial charge >= 0.3 is 0 Å². The van der Waals surface area contributed by atoms with Gasteiger partial charge in [-0.2, -0.15) is 0 Å². The van der Waals surface area contributed by atoms with Crippen molar-refractivity contribution in [3.8, 4) is 5.75 Å². The van der Waals surface area contributed by atoms with E-state index in [-0.39, 0.29) is 6.10 Å². The van der Waals surface area contributed by atoms with Gasteiger partial charge in [-0.05, 0) is 32.4 Å². The third kappa shape index (κ3) is 2.62. The van der Waals surface area contributed by atoms with Crippen LogP contribution in [-0.4, -0.2) is 6.10 Å². The fourth-order valence-electron chi connectivity index (χ4n) is 0.874. The minimum atomic E-state index is 0.230. The van der Waals surface area contributed by atoms with E-state index in [0.717, 1.165) is 5.75 Å². The number of hydrogen-bond acceptors (Lipinski definition) is 1. The molecule has 0 saturated carbocycles. The molecule has 0 aliphatic heterocycles. The van der Waals surface area contributed by atoms with Gasteiger partial charge in [0.1, 0.15) is 5.75 Å².